The lowest BCUT2D eigenvalue weighted by atomic mass is 10.00. The molecule has 0 radical (unpaired) electrons. The fourth-order valence-corrected chi connectivity index (χ4v) is 2.28. The van der Waals surface area contributed by atoms with Crippen molar-refractivity contribution in [1.29, 1.82) is 0 Å². The summed E-state index contributed by atoms with van der Waals surface area (Å²) in [6, 6.07) is 4.43. The molecule has 1 aromatic carbocycles. The zero-order valence-corrected chi connectivity index (χ0v) is 11.8. The molecule has 22 heavy (non-hydrogen) atoms. The minimum absolute atomic E-state index is 0.243. The van der Waals surface area contributed by atoms with Crippen molar-refractivity contribution in [1.82, 2.24) is 5.16 Å². The van der Waals surface area contributed by atoms with Gasteiger partial charge in [-0.15, -0.1) is 0 Å². The highest BCUT2D eigenvalue weighted by Gasteiger charge is 2.22. The molecule has 7 heteroatoms. The van der Waals surface area contributed by atoms with Crippen LogP contribution in [0.25, 0.3) is 11.3 Å². The minimum atomic E-state index is -1.28. The number of benzene rings is 1. The summed E-state index contributed by atoms with van der Waals surface area (Å²) >= 11 is 0. The Morgan fingerprint density at radius 2 is 1.95 bits per heavy atom. The maximum Gasteiger partial charge on any atom is 0.374 e. The molecule has 0 saturated heterocycles. The molecule has 1 N–H and O–H groups in total. The van der Waals surface area contributed by atoms with Crippen molar-refractivity contribution >= 4 is 5.97 Å². The third kappa shape index (κ3) is 2.61. The average Bonchev–Trinajstić information content (AvgIpc) is 2.86. The molecule has 0 spiro atoms. The quantitative estimate of drug-likeness (QED) is 0.937. The fourth-order valence-electron chi connectivity index (χ4n) is 2.28. The van der Waals surface area contributed by atoms with Gasteiger partial charge in [0.2, 0.25) is 5.76 Å². The lowest BCUT2D eigenvalue weighted by Gasteiger charge is -2.14. The number of hydrogen-bond donors (Lipinski definition) is 1. The lowest BCUT2D eigenvalue weighted by molar-refractivity contribution is 0.0652. The fraction of sp³-hybridized carbons (Fsp3) is 0.333. The van der Waals surface area contributed by atoms with Gasteiger partial charge in [-0.2, -0.15) is 0 Å². The standard InChI is InChI=1S/C15H14FNO5/c1-8(16)9-5-12-13(21-4-2-3-20-12)6-10(9)11-7-14(15(18)19)22-17-11/h5-8H,2-4H2,1H3,(H,18,19). The second kappa shape index (κ2) is 5.67. The molecule has 116 valence electrons. The van der Waals surface area contributed by atoms with E-state index < -0.39 is 12.1 Å². The molecule has 1 aromatic heterocycles. The Morgan fingerprint density at radius 3 is 2.55 bits per heavy atom. The van der Waals surface area contributed by atoms with E-state index in [1.54, 1.807) is 12.1 Å². The van der Waals surface area contributed by atoms with Gasteiger partial charge in [0.05, 0.1) is 13.2 Å². The van der Waals surface area contributed by atoms with E-state index in [1.807, 2.05) is 0 Å². The van der Waals surface area contributed by atoms with Crippen LogP contribution in [0.3, 0.4) is 0 Å². The highest BCUT2D eigenvalue weighted by molar-refractivity contribution is 5.86. The molecule has 6 nitrogen and oxygen atoms in total. The van der Waals surface area contributed by atoms with Gasteiger partial charge in [-0.25, -0.2) is 9.18 Å². The van der Waals surface area contributed by atoms with Crippen molar-refractivity contribution in [2.24, 2.45) is 0 Å². The van der Waals surface area contributed by atoms with Gasteiger partial charge in [0, 0.05) is 18.1 Å². The minimum Gasteiger partial charge on any atom is -0.490 e. The Bertz CT molecular complexity index is 710. The van der Waals surface area contributed by atoms with E-state index in [-0.39, 0.29) is 11.5 Å². The molecule has 1 atom stereocenters. The molecule has 2 aromatic rings. The molecule has 3 rings (SSSR count). The number of halogens is 1. The van der Waals surface area contributed by atoms with E-state index in [1.165, 1.54) is 13.0 Å². The molecule has 1 aliphatic heterocycles. The maximum atomic E-state index is 13.9. The molecule has 1 unspecified atom stereocenters. The summed E-state index contributed by atoms with van der Waals surface area (Å²) in [5.41, 5.74) is 1.01. The van der Waals surface area contributed by atoms with Crippen LogP contribution in [0, 0.1) is 0 Å². The smallest absolute Gasteiger partial charge is 0.374 e. The van der Waals surface area contributed by atoms with Gasteiger partial charge in [0.15, 0.2) is 11.5 Å². The van der Waals surface area contributed by atoms with Crippen LogP contribution >= 0.6 is 0 Å². The van der Waals surface area contributed by atoms with Crippen molar-refractivity contribution < 1.29 is 28.3 Å². The van der Waals surface area contributed by atoms with Gasteiger partial charge in [-0.3, -0.25) is 0 Å². The number of aromatic carboxylic acids is 1. The first-order valence-electron chi connectivity index (χ1n) is 6.84. The summed E-state index contributed by atoms with van der Waals surface area (Å²) in [5, 5.41) is 12.6. The van der Waals surface area contributed by atoms with Crippen LogP contribution in [0.1, 0.15) is 35.6 Å². The van der Waals surface area contributed by atoms with Crippen molar-refractivity contribution in [3.05, 3.63) is 29.5 Å². The summed E-state index contributed by atoms with van der Waals surface area (Å²) in [6.07, 6.45) is -0.547. The SMILES string of the molecule is CC(F)c1cc2c(cc1-c1cc(C(=O)O)on1)OCCCO2. The summed E-state index contributed by atoms with van der Waals surface area (Å²) in [4.78, 5) is 10.9. The van der Waals surface area contributed by atoms with E-state index in [0.717, 1.165) is 6.42 Å². The Morgan fingerprint density at radius 1 is 1.27 bits per heavy atom. The second-order valence-corrected chi connectivity index (χ2v) is 4.93. The lowest BCUT2D eigenvalue weighted by Crippen LogP contribution is -1.97. The zero-order valence-electron chi connectivity index (χ0n) is 11.8. The number of hydrogen-bond acceptors (Lipinski definition) is 5. The predicted molar refractivity (Wildman–Crippen MR) is 74.0 cm³/mol. The first-order valence-corrected chi connectivity index (χ1v) is 6.84. The molecule has 0 saturated carbocycles. The molecule has 1 aliphatic rings. The molecular weight excluding hydrogens is 293 g/mol. The van der Waals surface area contributed by atoms with E-state index in [0.29, 0.717) is 35.8 Å². The molecule has 0 bridgehead atoms. The number of carboxylic acid groups (broad SMARTS) is 1. The number of carboxylic acids is 1. The van der Waals surface area contributed by atoms with Crippen LogP contribution in [-0.4, -0.2) is 29.4 Å². The van der Waals surface area contributed by atoms with Gasteiger partial charge in [-0.05, 0) is 24.6 Å². The monoisotopic (exact) mass is 307 g/mol. The molecule has 0 amide bonds. The van der Waals surface area contributed by atoms with Crippen LogP contribution in [0.5, 0.6) is 11.5 Å². The highest BCUT2D eigenvalue weighted by atomic mass is 19.1. The van der Waals surface area contributed by atoms with Crippen LogP contribution in [0.4, 0.5) is 4.39 Å². The van der Waals surface area contributed by atoms with Crippen LogP contribution in [0.15, 0.2) is 22.7 Å². The van der Waals surface area contributed by atoms with Gasteiger partial charge in [0.1, 0.15) is 11.9 Å². The Balaban J connectivity index is 2.11. The number of carbonyl (C=O) groups is 1. The maximum absolute atomic E-state index is 13.9. The summed E-state index contributed by atoms with van der Waals surface area (Å²) in [6.45, 7) is 2.39. The van der Waals surface area contributed by atoms with Crippen molar-refractivity contribution in [3.8, 4) is 22.8 Å². The van der Waals surface area contributed by atoms with Crippen molar-refractivity contribution in [2.75, 3.05) is 13.2 Å². The van der Waals surface area contributed by atoms with Crippen LogP contribution in [0.2, 0.25) is 0 Å². The Labute approximate surface area is 125 Å². The summed E-state index contributed by atoms with van der Waals surface area (Å²) in [5.74, 6) is -0.581. The number of rotatable bonds is 3. The average molecular weight is 307 g/mol. The molecule has 0 fully saturated rings. The number of aromatic nitrogens is 1. The molecule has 0 aliphatic carbocycles. The van der Waals surface area contributed by atoms with Crippen molar-refractivity contribution in [3.63, 3.8) is 0 Å². The van der Waals surface area contributed by atoms with Crippen molar-refractivity contribution in [2.45, 2.75) is 19.5 Å². The first kappa shape index (κ1) is 14.4. The topological polar surface area (TPSA) is 81.8 Å². The molecular formula is C15H14FNO5. The molecule has 2 heterocycles. The number of alkyl halides is 1. The second-order valence-electron chi connectivity index (χ2n) is 4.93. The first-order chi connectivity index (χ1) is 10.6. The van der Waals surface area contributed by atoms with Crippen LogP contribution in [-0.2, 0) is 0 Å². The third-order valence-electron chi connectivity index (χ3n) is 3.35. The van der Waals surface area contributed by atoms with E-state index in [2.05, 4.69) is 5.16 Å². The largest absolute Gasteiger partial charge is 0.490 e. The van der Waals surface area contributed by atoms with Gasteiger partial charge >= 0.3 is 5.97 Å². The van der Waals surface area contributed by atoms with Gasteiger partial charge in [0.25, 0.3) is 0 Å². The summed E-state index contributed by atoms with van der Waals surface area (Å²) < 4.78 is 29.8. The Kier molecular flexibility index (Phi) is 3.70. The van der Waals surface area contributed by atoms with E-state index in [9.17, 15) is 9.18 Å². The normalized spacial score (nSPS) is 15.2. The predicted octanol–water partition coefficient (Wildman–Crippen LogP) is 3.23. The van der Waals surface area contributed by atoms with E-state index >= 15 is 0 Å². The van der Waals surface area contributed by atoms with Crippen LogP contribution < -0.4 is 9.47 Å². The number of ether oxygens (including phenoxy) is 2. The summed E-state index contributed by atoms with van der Waals surface area (Å²) in [7, 11) is 0. The highest BCUT2D eigenvalue weighted by Crippen LogP contribution is 2.40. The number of nitrogens with zero attached hydrogens (tertiary/aromatic N) is 1. The van der Waals surface area contributed by atoms with E-state index in [4.69, 9.17) is 19.1 Å². The van der Waals surface area contributed by atoms with Gasteiger partial charge < -0.3 is 19.1 Å². The third-order valence-corrected chi connectivity index (χ3v) is 3.35. The van der Waals surface area contributed by atoms with Gasteiger partial charge in [-0.1, -0.05) is 5.16 Å². The number of fused-ring (bicyclic) bond motifs is 1. The zero-order chi connectivity index (χ0) is 15.7. The Hall–Kier alpha value is -2.57.